The van der Waals surface area contributed by atoms with Crippen molar-refractivity contribution in [2.75, 3.05) is 26.2 Å². The molecule has 2 heterocycles. The first kappa shape index (κ1) is 17.5. The fraction of sp³-hybridized carbons (Fsp3) is 0.273. The summed E-state index contributed by atoms with van der Waals surface area (Å²) in [6, 6.07) is 17.8. The van der Waals surface area contributed by atoms with E-state index in [2.05, 4.69) is 24.3 Å². The summed E-state index contributed by atoms with van der Waals surface area (Å²) in [5, 5.41) is 1.34. The molecular formula is C22H24N3O2+. The average Bonchev–Trinajstić information content (AvgIpc) is 2.71. The molecule has 2 aromatic carbocycles. The highest BCUT2D eigenvalue weighted by molar-refractivity contribution is 6.06. The number of quaternary nitrogens is 1. The minimum atomic E-state index is -0.0701. The van der Waals surface area contributed by atoms with Crippen LogP contribution < -0.4 is 10.5 Å². The molecule has 1 saturated heterocycles. The second kappa shape index (κ2) is 7.37. The van der Waals surface area contributed by atoms with Crippen LogP contribution in [0.25, 0.3) is 10.8 Å². The lowest BCUT2D eigenvalue weighted by Crippen LogP contribution is -3.13. The molecule has 1 aliphatic rings. The zero-order chi connectivity index (χ0) is 18.8. The number of hydrogen-bond acceptors (Lipinski definition) is 2. The summed E-state index contributed by atoms with van der Waals surface area (Å²) < 4.78 is 1.51. The van der Waals surface area contributed by atoms with Crippen LogP contribution >= 0.6 is 0 Å². The molecule has 0 radical (unpaired) electrons. The number of hydrogen-bond donors (Lipinski definition) is 1. The lowest BCUT2D eigenvalue weighted by molar-refractivity contribution is -0.917. The second-order valence-corrected chi connectivity index (χ2v) is 7.21. The van der Waals surface area contributed by atoms with Gasteiger partial charge in [0.1, 0.15) is 6.54 Å². The first-order valence-electron chi connectivity index (χ1n) is 9.38. The van der Waals surface area contributed by atoms with E-state index in [9.17, 15) is 9.59 Å². The average molecular weight is 362 g/mol. The summed E-state index contributed by atoms with van der Waals surface area (Å²) in [7, 11) is 1.70. The summed E-state index contributed by atoms with van der Waals surface area (Å²) in [4.78, 5) is 28.9. The highest BCUT2D eigenvalue weighted by Gasteiger charge is 2.26. The van der Waals surface area contributed by atoms with Crippen LogP contribution in [0.5, 0.6) is 0 Å². The Bertz CT molecular complexity index is 1020. The molecule has 0 aliphatic carbocycles. The van der Waals surface area contributed by atoms with Gasteiger partial charge in [-0.1, -0.05) is 48.5 Å². The summed E-state index contributed by atoms with van der Waals surface area (Å²) in [6.45, 7) is 4.33. The van der Waals surface area contributed by atoms with Gasteiger partial charge in [0.15, 0.2) is 0 Å². The van der Waals surface area contributed by atoms with Crippen LogP contribution in [0.3, 0.4) is 0 Å². The molecule has 5 heteroatoms. The second-order valence-electron chi connectivity index (χ2n) is 7.21. The molecule has 0 atom stereocenters. The van der Waals surface area contributed by atoms with Gasteiger partial charge >= 0.3 is 0 Å². The van der Waals surface area contributed by atoms with Gasteiger partial charge in [-0.2, -0.15) is 0 Å². The molecule has 5 nitrogen and oxygen atoms in total. The predicted octanol–water partition coefficient (Wildman–Crippen LogP) is 1.08. The minimum absolute atomic E-state index is 0.0144. The highest BCUT2D eigenvalue weighted by Crippen LogP contribution is 2.17. The molecule has 0 saturated carbocycles. The van der Waals surface area contributed by atoms with E-state index in [1.54, 1.807) is 19.3 Å². The van der Waals surface area contributed by atoms with Gasteiger partial charge in [0.25, 0.3) is 11.5 Å². The molecule has 1 N–H and O–H groups in total. The molecule has 0 unspecified atom stereocenters. The Hall–Kier alpha value is -2.92. The van der Waals surface area contributed by atoms with Crippen molar-refractivity contribution in [1.29, 1.82) is 0 Å². The lowest BCUT2D eigenvalue weighted by atomic mass is 10.1. The third kappa shape index (κ3) is 3.51. The molecule has 27 heavy (non-hydrogen) atoms. The Morgan fingerprint density at radius 2 is 1.59 bits per heavy atom. The van der Waals surface area contributed by atoms with Crippen LogP contribution in [-0.2, 0) is 13.6 Å². The number of carbonyl (C=O) groups is 1. The molecule has 138 valence electrons. The van der Waals surface area contributed by atoms with Crippen LogP contribution in [0.1, 0.15) is 15.9 Å². The van der Waals surface area contributed by atoms with Gasteiger partial charge in [-0.05, 0) is 6.07 Å². The Morgan fingerprint density at radius 1 is 0.963 bits per heavy atom. The van der Waals surface area contributed by atoms with Crippen LogP contribution in [0, 0.1) is 0 Å². The molecule has 1 aromatic heterocycles. The molecular weight excluding hydrogens is 338 g/mol. The van der Waals surface area contributed by atoms with Crippen molar-refractivity contribution in [3.8, 4) is 0 Å². The van der Waals surface area contributed by atoms with Crippen molar-refractivity contribution in [2.24, 2.45) is 7.05 Å². The quantitative estimate of drug-likeness (QED) is 0.758. The lowest BCUT2D eigenvalue weighted by Gasteiger charge is -2.32. The number of aryl methyl sites for hydroxylation is 1. The first-order valence-corrected chi connectivity index (χ1v) is 9.38. The van der Waals surface area contributed by atoms with Crippen LogP contribution in [0.2, 0.25) is 0 Å². The van der Waals surface area contributed by atoms with Gasteiger partial charge in [-0.25, -0.2) is 0 Å². The van der Waals surface area contributed by atoms with Gasteiger partial charge in [-0.15, -0.1) is 0 Å². The zero-order valence-corrected chi connectivity index (χ0v) is 15.5. The van der Waals surface area contributed by atoms with E-state index in [4.69, 9.17) is 0 Å². The SMILES string of the molecule is Cn1cc(C(=O)N2CC[NH+](Cc3ccccc3)CC2)c2ccccc2c1=O. The Morgan fingerprint density at radius 3 is 2.30 bits per heavy atom. The van der Waals surface area contributed by atoms with Gasteiger partial charge in [0.2, 0.25) is 0 Å². The van der Waals surface area contributed by atoms with Crippen molar-refractivity contribution >= 4 is 16.7 Å². The predicted molar refractivity (Wildman–Crippen MR) is 106 cm³/mol. The van der Waals surface area contributed by atoms with E-state index in [1.165, 1.54) is 15.0 Å². The number of benzene rings is 2. The summed E-state index contributed by atoms with van der Waals surface area (Å²) in [6.07, 6.45) is 1.68. The molecule has 3 aromatic rings. The van der Waals surface area contributed by atoms with E-state index in [0.717, 1.165) is 38.1 Å². The number of rotatable bonds is 3. The normalized spacial score (nSPS) is 15.2. The number of aromatic nitrogens is 1. The highest BCUT2D eigenvalue weighted by atomic mass is 16.2. The maximum atomic E-state index is 13.1. The fourth-order valence-electron chi connectivity index (χ4n) is 3.84. The van der Waals surface area contributed by atoms with Crippen molar-refractivity contribution in [3.63, 3.8) is 0 Å². The van der Waals surface area contributed by atoms with Crippen LogP contribution in [0.15, 0.2) is 65.6 Å². The number of piperazine rings is 1. The van der Waals surface area contributed by atoms with Gasteiger partial charge in [0, 0.05) is 29.6 Å². The van der Waals surface area contributed by atoms with Crippen molar-refractivity contribution in [3.05, 3.63) is 82.3 Å². The molecule has 1 fully saturated rings. The summed E-state index contributed by atoms with van der Waals surface area (Å²) >= 11 is 0. The topological polar surface area (TPSA) is 46.8 Å². The molecule has 4 rings (SSSR count). The third-order valence-electron chi connectivity index (χ3n) is 5.38. The Balaban J connectivity index is 1.51. The fourth-order valence-corrected chi connectivity index (χ4v) is 3.84. The number of nitrogens with one attached hydrogen (secondary N) is 1. The molecule has 1 aliphatic heterocycles. The van der Waals surface area contributed by atoms with E-state index in [1.807, 2.05) is 29.2 Å². The van der Waals surface area contributed by atoms with Crippen molar-refractivity contribution in [1.82, 2.24) is 9.47 Å². The monoisotopic (exact) mass is 362 g/mol. The Kier molecular flexibility index (Phi) is 4.77. The third-order valence-corrected chi connectivity index (χ3v) is 5.38. The summed E-state index contributed by atoms with van der Waals surface area (Å²) in [5.74, 6) is 0.0144. The van der Waals surface area contributed by atoms with Gasteiger partial charge in [0.05, 0.1) is 31.7 Å². The zero-order valence-electron chi connectivity index (χ0n) is 15.5. The van der Waals surface area contributed by atoms with Crippen molar-refractivity contribution in [2.45, 2.75) is 6.54 Å². The van der Waals surface area contributed by atoms with Crippen LogP contribution in [-0.4, -0.2) is 41.6 Å². The van der Waals surface area contributed by atoms with Crippen molar-refractivity contribution < 1.29 is 9.69 Å². The molecule has 1 amide bonds. The standard InChI is InChI=1S/C22H23N3O2/c1-23-16-20(18-9-5-6-10-19(18)21(23)26)22(27)25-13-11-24(12-14-25)15-17-7-3-2-4-8-17/h2-10,16H,11-15H2,1H3/p+1. The van der Waals surface area contributed by atoms with E-state index < -0.39 is 0 Å². The maximum absolute atomic E-state index is 13.1. The number of pyridine rings is 1. The molecule has 0 spiro atoms. The number of amides is 1. The number of carbonyl (C=O) groups excluding carboxylic acids is 1. The number of fused-ring (bicyclic) bond motifs is 1. The van der Waals surface area contributed by atoms with Gasteiger partial charge in [-0.3, -0.25) is 9.59 Å². The summed E-state index contributed by atoms with van der Waals surface area (Å²) in [5.41, 5.74) is 1.87. The Labute approximate surface area is 158 Å². The first-order chi connectivity index (χ1) is 13.1. The maximum Gasteiger partial charge on any atom is 0.258 e. The van der Waals surface area contributed by atoms with E-state index in [0.29, 0.717) is 10.9 Å². The van der Waals surface area contributed by atoms with Crippen LogP contribution in [0.4, 0.5) is 0 Å². The van der Waals surface area contributed by atoms with E-state index in [-0.39, 0.29) is 11.5 Å². The molecule has 0 bridgehead atoms. The van der Waals surface area contributed by atoms with E-state index >= 15 is 0 Å². The smallest absolute Gasteiger partial charge is 0.258 e. The largest absolute Gasteiger partial charge is 0.328 e. The van der Waals surface area contributed by atoms with Gasteiger partial charge < -0.3 is 14.4 Å². The minimum Gasteiger partial charge on any atom is -0.328 e. The number of nitrogens with zero attached hydrogens (tertiary/aromatic N) is 2.